The van der Waals surface area contributed by atoms with E-state index in [1.54, 1.807) is 28.0 Å². The van der Waals surface area contributed by atoms with Crippen molar-refractivity contribution in [3.05, 3.63) is 34.4 Å². The molecule has 1 saturated carbocycles. The van der Waals surface area contributed by atoms with Gasteiger partial charge in [-0.3, -0.25) is 0 Å². The molecule has 2 rings (SSSR count). The van der Waals surface area contributed by atoms with Crippen LogP contribution in [0.4, 0.5) is 0 Å². The van der Waals surface area contributed by atoms with Crippen LogP contribution >= 0.6 is 0 Å². The van der Waals surface area contributed by atoms with Crippen molar-refractivity contribution in [2.75, 3.05) is 6.54 Å². The summed E-state index contributed by atoms with van der Waals surface area (Å²) in [6.07, 6.45) is 15.7. The first-order valence-electron chi connectivity index (χ1n) is 15.4. The van der Waals surface area contributed by atoms with Gasteiger partial charge in [0.25, 0.3) is 0 Å². The van der Waals surface area contributed by atoms with E-state index in [0.29, 0.717) is 11.8 Å². The summed E-state index contributed by atoms with van der Waals surface area (Å²) < 4.78 is 2.79. The van der Waals surface area contributed by atoms with Gasteiger partial charge in [0.05, 0.1) is 0 Å². The Morgan fingerprint density at radius 1 is 1.06 bits per heavy atom. The first kappa shape index (κ1) is 31.1. The van der Waals surface area contributed by atoms with Crippen molar-refractivity contribution in [3.8, 4) is 0 Å². The maximum absolute atomic E-state index is 2.79. The van der Waals surface area contributed by atoms with Crippen molar-refractivity contribution in [2.24, 2.45) is 28.1 Å². The molecule has 0 radical (unpaired) electrons. The fraction of sp³-hybridized carbons (Fsp3) is 0.800. The van der Waals surface area contributed by atoms with Crippen molar-refractivity contribution >= 4 is 5.71 Å². The molecule has 206 valence electrons. The van der Waals surface area contributed by atoms with E-state index in [-0.39, 0.29) is 16.2 Å². The summed E-state index contributed by atoms with van der Waals surface area (Å²) in [6, 6.07) is 0.764. The van der Waals surface area contributed by atoms with E-state index in [1.807, 2.05) is 0 Å². The molecule has 0 spiro atoms. The first-order valence-corrected chi connectivity index (χ1v) is 15.4. The molecule has 36 heavy (non-hydrogen) atoms. The smallest absolute Gasteiger partial charge is 0.153 e. The minimum absolute atomic E-state index is 0.0557. The third-order valence-electron chi connectivity index (χ3n) is 10.1. The zero-order chi connectivity index (χ0) is 27.5. The maximum Gasteiger partial charge on any atom is 0.153 e. The molecule has 0 aliphatic heterocycles. The minimum Gasteiger partial charge on any atom is -0.234 e. The Balaban J connectivity index is 2.82. The quantitative estimate of drug-likeness (QED) is 0.198. The Morgan fingerprint density at radius 2 is 1.67 bits per heavy atom. The molecule has 0 heterocycles. The van der Waals surface area contributed by atoms with Crippen molar-refractivity contribution < 1.29 is 4.58 Å². The monoisotopic (exact) mass is 496 g/mol. The Kier molecular flexibility index (Phi) is 10.5. The molecule has 1 fully saturated rings. The predicted octanol–water partition coefficient (Wildman–Crippen LogP) is 10.6. The van der Waals surface area contributed by atoms with Crippen molar-refractivity contribution in [2.45, 2.75) is 147 Å². The van der Waals surface area contributed by atoms with Crippen molar-refractivity contribution in [3.63, 3.8) is 0 Å². The maximum atomic E-state index is 2.79. The standard InChI is InChI=1S/C35H62N/c1-14-17-21-35(13)24-31(33(8,9)10)32(25(4)16-3)30(23-26(35)5)34(11,12)27(6)28(7)36(22-15-2)29-19-18-20-29/h23-25,27,29H,14-22H2,1-13H3/q+1/b36-28+. The minimum atomic E-state index is 0.0557. The summed E-state index contributed by atoms with van der Waals surface area (Å²) in [5, 5.41) is 0. The van der Waals surface area contributed by atoms with Crippen molar-refractivity contribution in [1.82, 2.24) is 0 Å². The zero-order valence-corrected chi connectivity index (χ0v) is 26.7. The summed E-state index contributed by atoms with van der Waals surface area (Å²) in [4.78, 5) is 0. The molecular weight excluding hydrogens is 434 g/mol. The molecule has 3 unspecified atom stereocenters. The van der Waals surface area contributed by atoms with Gasteiger partial charge in [-0.2, -0.15) is 0 Å². The molecule has 0 amide bonds. The van der Waals surface area contributed by atoms with Crippen LogP contribution in [-0.2, 0) is 0 Å². The van der Waals surface area contributed by atoms with Gasteiger partial charge in [0.1, 0.15) is 6.54 Å². The number of hydrogen-bond donors (Lipinski definition) is 0. The zero-order valence-electron chi connectivity index (χ0n) is 26.7. The van der Waals surface area contributed by atoms with Crippen LogP contribution in [0.3, 0.4) is 0 Å². The summed E-state index contributed by atoms with van der Waals surface area (Å²) in [7, 11) is 0. The van der Waals surface area contributed by atoms with E-state index < -0.39 is 0 Å². The topological polar surface area (TPSA) is 3.01 Å². The fourth-order valence-corrected chi connectivity index (χ4v) is 6.41. The highest BCUT2D eigenvalue weighted by molar-refractivity contribution is 5.81. The Bertz CT molecular complexity index is 880. The molecule has 3 atom stereocenters. The molecule has 0 N–H and O–H groups in total. The van der Waals surface area contributed by atoms with E-state index in [1.165, 1.54) is 57.9 Å². The van der Waals surface area contributed by atoms with Crippen LogP contribution in [0.5, 0.6) is 0 Å². The van der Waals surface area contributed by atoms with E-state index in [0.717, 1.165) is 6.04 Å². The molecule has 0 bridgehead atoms. The van der Waals surface area contributed by atoms with E-state index in [4.69, 9.17) is 0 Å². The predicted molar refractivity (Wildman–Crippen MR) is 162 cm³/mol. The summed E-state index contributed by atoms with van der Waals surface area (Å²) in [6.45, 7) is 33.0. The fourth-order valence-electron chi connectivity index (χ4n) is 6.41. The second kappa shape index (κ2) is 12.2. The van der Waals surface area contributed by atoms with Gasteiger partial charge < -0.3 is 0 Å². The number of allylic oxidation sites excluding steroid dienone is 6. The van der Waals surface area contributed by atoms with Gasteiger partial charge in [-0.05, 0) is 54.2 Å². The molecule has 0 saturated heterocycles. The van der Waals surface area contributed by atoms with Crippen molar-refractivity contribution in [1.29, 1.82) is 0 Å². The molecule has 0 aromatic carbocycles. The van der Waals surface area contributed by atoms with Gasteiger partial charge in [-0.25, -0.2) is 4.58 Å². The number of rotatable bonds is 11. The second-order valence-electron chi connectivity index (χ2n) is 14.2. The van der Waals surface area contributed by atoms with E-state index in [2.05, 4.69) is 107 Å². The number of unbranched alkanes of at least 4 members (excludes halogenated alkanes) is 1. The van der Waals surface area contributed by atoms with Crippen LogP contribution in [0.2, 0.25) is 0 Å². The molecule has 1 nitrogen and oxygen atoms in total. The highest BCUT2D eigenvalue weighted by atomic mass is 15.1. The van der Waals surface area contributed by atoms with Crippen LogP contribution in [0.25, 0.3) is 0 Å². The largest absolute Gasteiger partial charge is 0.234 e. The molecule has 2 aliphatic carbocycles. The van der Waals surface area contributed by atoms with Gasteiger partial charge in [-0.1, -0.05) is 107 Å². The Labute approximate surface area is 226 Å². The summed E-state index contributed by atoms with van der Waals surface area (Å²) >= 11 is 0. The summed E-state index contributed by atoms with van der Waals surface area (Å²) in [5.41, 5.74) is 8.29. The number of nitrogens with zero attached hydrogens (tertiary/aromatic N) is 1. The third kappa shape index (κ3) is 6.47. The van der Waals surface area contributed by atoms with Gasteiger partial charge in [0.15, 0.2) is 11.8 Å². The second-order valence-corrected chi connectivity index (χ2v) is 14.2. The molecule has 1 heteroatoms. The molecule has 0 aromatic heterocycles. The summed E-state index contributed by atoms with van der Waals surface area (Å²) in [5.74, 6) is 1.04. The molecular formula is C35H62N+. The van der Waals surface area contributed by atoms with E-state index in [9.17, 15) is 0 Å². The third-order valence-corrected chi connectivity index (χ3v) is 10.1. The van der Waals surface area contributed by atoms with Crippen LogP contribution < -0.4 is 0 Å². The number of hydrogen-bond acceptors (Lipinski definition) is 0. The lowest BCUT2D eigenvalue weighted by Gasteiger charge is -2.39. The first-order chi connectivity index (χ1) is 16.7. The normalized spacial score (nSPS) is 24.5. The Morgan fingerprint density at radius 3 is 2.11 bits per heavy atom. The Hall–Kier alpha value is -1.11. The van der Waals surface area contributed by atoms with Gasteiger partial charge in [-0.15, -0.1) is 0 Å². The average Bonchev–Trinajstić information content (AvgIpc) is 2.89. The highest BCUT2D eigenvalue weighted by Crippen LogP contribution is 2.51. The van der Waals surface area contributed by atoms with Crippen LogP contribution in [0.15, 0.2) is 34.4 Å². The van der Waals surface area contributed by atoms with Crippen LogP contribution in [-0.4, -0.2) is 22.9 Å². The van der Waals surface area contributed by atoms with E-state index >= 15 is 0 Å². The lowest BCUT2D eigenvalue weighted by Crippen LogP contribution is -2.42. The average molecular weight is 497 g/mol. The van der Waals surface area contributed by atoms with Crippen LogP contribution in [0, 0.1) is 28.1 Å². The SMILES string of the molecule is CCCCC1(C)C=C(C(C)(C)C)C(C(C)CC)=C(C(C)(C)C(C)/C(C)=[N+](\CCC)C2CCC2)C=C1C. The van der Waals surface area contributed by atoms with Gasteiger partial charge in [0, 0.05) is 42.9 Å². The van der Waals surface area contributed by atoms with Gasteiger partial charge in [0.2, 0.25) is 0 Å². The van der Waals surface area contributed by atoms with Gasteiger partial charge >= 0.3 is 0 Å². The highest BCUT2D eigenvalue weighted by Gasteiger charge is 2.42. The lowest BCUT2D eigenvalue weighted by atomic mass is 9.65. The van der Waals surface area contributed by atoms with Crippen LogP contribution in [0.1, 0.15) is 141 Å². The lowest BCUT2D eigenvalue weighted by molar-refractivity contribution is -0.581. The molecule has 2 aliphatic rings. The molecule has 0 aromatic rings.